The summed E-state index contributed by atoms with van der Waals surface area (Å²) in [5, 5.41) is 0. The van der Waals surface area contributed by atoms with Crippen molar-refractivity contribution in [3.8, 4) is 0 Å². The Morgan fingerprint density at radius 1 is 1.07 bits per heavy atom. The molecule has 0 bridgehead atoms. The van der Waals surface area contributed by atoms with E-state index in [-0.39, 0.29) is 12.1 Å². The fourth-order valence-corrected chi connectivity index (χ4v) is 8.82. The minimum Gasteiger partial charge on any atom is -0.462 e. The van der Waals surface area contributed by atoms with Gasteiger partial charge in [0.2, 0.25) is 0 Å². The molecule has 4 aliphatic carbocycles. The number of fused-ring (bicyclic) bond motifs is 5. The summed E-state index contributed by atoms with van der Waals surface area (Å²) >= 11 is 0. The topological polar surface area (TPSA) is 26.3 Å². The second-order valence-electron chi connectivity index (χ2n) is 11.6. The summed E-state index contributed by atoms with van der Waals surface area (Å²) in [4.78, 5) is 12.0. The highest BCUT2D eigenvalue weighted by atomic mass is 16.5. The SMILES string of the molecule is C=C[C@@H](C)C1CCC2C3C(CC[C@@]21C)[C@@]1(C)CC[C@@H](C)C[C@H]1C[C@H]3OC(C)=O. The van der Waals surface area contributed by atoms with Crippen LogP contribution in [0.4, 0.5) is 0 Å². The third-order valence-corrected chi connectivity index (χ3v) is 10.3. The average molecular weight is 387 g/mol. The van der Waals surface area contributed by atoms with E-state index < -0.39 is 0 Å². The van der Waals surface area contributed by atoms with Crippen LogP contribution in [0.15, 0.2) is 12.7 Å². The average Bonchev–Trinajstić information content (AvgIpc) is 2.99. The first-order valence-electron chi connectivity index (χ1n) is 12.0. The minimum atomic E-state index is -0.0718. The maximum absolute atomic E-state index is 12.0. The van der Waals surface area contributed by atoms with Crippen molar-refractivity contribution in [1.29, 1.82) is 0 Å². The van der Waals surface area contributed by atoms with E-state index >= 15 is 0 Å². The first-order chi connectivity index (χ1) is 13.2. The molecule has 4 fully saturated rings. The van der Waals surface area contributed by atoms with Gasteiger partial charge < -0.3 is 4.74 Å². The van der Waals surface area contributed by atoms with Crippen LogP contribution in [0.1, 0.15) is 86.0 Å². The van der Waals surface area contributed by atoms with E-state index in [0.717, 1.165) is 30.1 Å². The van der Waals surface area contributed by atoms with E-state index in [1.54, 1.807) is 6.92 Å². The molecule has 0 saturated heterocycles. The predicted molar refractivity (Wildman–Crippen MR) is 115 cm³/mol. The minimum absolute atomic E-state index is 0.0718. The van der Waals surface area contributed by atoms with E-state index in [4.69, 9.17) is 4.74 Å². The molecule has 4 aliphatic rings. The molecule has 0 aromatic rings. The highest BCUT2D eigenvalue weighted by molar-refractivity contribution is 5.66. The molecule has 0 aromatic carbocycles. The monoisotopic (exact) mass is 386 g/mol. The van der Waals surface area contributed by atoms with E-state index in [1.807, 2.05) is 0 Å². The van der Waals surface area contributed by atoms with E-state index in [2.05, 4.69) is 40.3 Å². The summed E-state index contributed by atoms with van der Waals surface area (Å²) in [6.07, 6.45) is 12.8. The van der Waals surface area contributed by atoms with Crippen molar-refractivity contribution in [3.63, 3.8) is 0 Å². The van der Waals surface area contributed by atoms with Gasteiger partial charge in [-0.3, -0.25) is 4.79 Å². The molecule has 0 aromatic heterocycles. The fraction of sp³-hybridized carbons (Fsp3) is 0.885. The molecule has 2 heteroatoms. The third kappa shape index (κ3) is 3.00. The Hall–Kier alpha value is -0.790. The number of carbonyl (C=O) groups is 1. The number of esters is 1. The second kappa shape index (κ2) is 7.17. The number of ether oxygens (including phenoxy) is 1. The summed E-state index contributed by atoms with van der Waals surface area (Å²) in [6.45, 7) is 15.7. The number of allylic oxidation sites excluding steroid dienone is 1. The molecule has 0 heterocycles. The van der Waals surface area contributed by atoms with E-state index in [1.165, 1.54) is 44.9 Å². The van der Waals surface area contributed by atoms with Crippen LogP contribution in [0.25, 0.3) is 0 Å². The number of carbonyl (C=O) groups excluding carboxylic acids is 1. The molecule has 2 nitrogen and oxygen atoms in total. The third-order valence-electron chi connectivity index (χ3n) is 10.3. The second-order valence-corrected chi connectivity index (χ2v) is 11.6. The Morgan fingerprint density at radius 2 is 1.75 bits per heavy atom. The first-order valence-corrected chi connectivity index (χ1v) is 12.0. The standard InChI is InChI=1S/C26H42O2/c1-7-17(3)20-8-9-21-24-22(11-13-26(20,21)6)25(5)12-10-16(2)14-19(25)15-23(24)28-18(4)27/h7,16-17,19-24H,1,8-15H2,2-6H3/t16-,17-,19+,20?,21?,22?,23-,24?,25+,26-/m1/s1. The number of hydrogen-bond donors (Lipinski definition) is 0. The van der Waals surface area contributed by atoms with Gasteiger partial charge in [0.25, 0.3) is 0 Å². The number of rotatable bonds is 3. The largest absolute Gasteiger partial charge is 0.462 e. The normalized spacial score (nSPS) is 51.4. The lowest BCUT2D eigenvalue weighted by Crippen LogP contribution is -2.59. The van der Waals surface area contributed by atoms with Gasteiger partial charge in [-0.25, -0.2) is 0 Å². The Bertz CT molecular complexity index is 626. The smallest absolute Gasteiger partial charge is 0.302 e. The summed E-state index contributed by atoms with van der Waals surface area (Å²) in [6, 6.07) is 0. The van der Waals surface area contributed by atoms with Crippen molar-refractivity contribution in [2.75, 3.05) is 0 Å². The van der Waals surface area contributed by atoms with Crippen molar-refractivity contribution in [2.24, 2.45) is 52.3 Å². The van der Waals surface area contributed by atoms with Gasteiger partial charge in [-0.2, -0.15) is 0 Å². The Labute approximate surface area is 172 Å². The Balaban J connectivity index is 1.69. The summed E-state index contributed by atoms with van der Waals surface area (Å²) in [7, 11) is 0. The van der Waals surface area contributed by atoms with Crippen LogP contribution < -0.4 is 0 Å². The molecule has 4 saturated carbocycles. The van der Waals surface area contributed by atoms with Crippen LogP contribution in [-0.2, 0) is 9.53 Å². The molecular weight excluding hydrogens is 344 g/mol. The van der Waals surface area contributed by atoms with E-state index in [9.17, 15) is 4.79 Å². The zero-order valence-corrected chi connectivity index (χ0v) is 18.9. The predicted octanol–water partition coefficient (Wildman–Crippen LogP) is 6.65. The van der Waals surface area contributed by atoms with Gasteiger partial charge >= 0.3 is 5.97 Å². The molecule has 28 heavy (non-hydrogen) atoms. The summed E-state index contributed by atoms with van der Waals surface area (Å²) in [5.41, 5.74) is 0.843. The molecule has 158 valence electrons. The highest BCUT2D eigenvalue weighted by Gasteiger charge is 2.63. The van der Waals surface area contributed by atoms with Crippen molar-refractivity contribution in [1.82, 2.24) is 0 Å². The van der Waals surface area contributed by atoms with Gasteiger partial charge in [0.15, 0.2) is 0 Å². The first kappa shape index (κ1) is 20.5. The van der Waals surface area contributed by atoms with Crippen LogP contribution in [0.2, 0.25) is 0 Å². The maximum Gasteiger partial charge on any atom is 0.302 e. The van der Waals surface area contributed by atoms with Crippen molar-refractivity contribution >= 4 is 5.97 Å². The lowest BCUT2D eigenvalue weighted by atomic mass is 9.43. The van der Waals surface area contributed by atoms with Gasteiger partial charge in [0.1, 0.15) is 6.10 Å². The summed E-state index contributed by atoms with van der Waals surface area (Å²) < 4.78 is 6.11. The van der Waals surface area contributed by atoms with Gasteiger partial charge in [-0.1, -0.05) is 40.2 Å². The maximum atomic E-state index is 12.0. The van der Waals surface area contributed by atoms with Gasteiger partial charge in [-0.05, 0) is 91.3 Å². The summed E-state index contributed by atoms with van der Waals surface area (Å²) in [5.74, 6) is 4.82. The van der Waals surface area contributed by atoms with Crippen molar-refractivity contribution in [3.05, 3.63) is 12.7 Å². The van der Waals surface area contributed by atoms with Gasteiger partial charge in [-0.15, -0.1) is 6.58 Å². The number of hydrogen-bond acceptors (Lipinski definition) is 2. The molecule has 4 unspecified atom stereocenters. The molecule has 0 aliphatic heterocycles. The molecule has 0 amide bonds. The Kier molecular flexibility index (Phi) is 5.24. The molecule has 0 spiro atoms. The molecule has 4 rings (SSSR count). The zero-order chi connectivity index (χ0) is 20.3. The molecule has 0 radical (unpaired) electrons. The molecular formula is C26H42O2. The van der Waals surface area contributed by atoms with Crippen LogP contribution >= 0.6 is 0 Å². The van der Waals surface area contributed by atoms with Crippen LogP contribution in [0.5, 0.6) is 0 Å². The zero-order valence-electron chi connectivity index (χ0n) is 18.9. The van der Waals surface area contributed by atoms with Crippen LogP contribution in [-0.4, -0.2) is 12.1 Å². The van der Waals surface area contributed by atoms with Crippen LogP contribution in [0, 0.1) is 52.3 Å². The van der Waals surface area contributed by atoms with Crippen LogP contribution in [0.3, 0.4) is 0 Å². The fourth-order valence-electron chi connectivity index (χ4n) is 8.82. The van der Waals surface area contributed by atoms with Gasteiger partial charge in [0.05, 0.1) is 0 Å². The van der Waals surface area contributed by atoms with Crippen molar-refractivity contribution < 1.29 is 9.53 Å². The lowest BCUT2D eigenvalue weighted by molar-refractivity contribution is -0.191. The highest BCUT2D eigenvalue weighted by Crippen LogP contribution is 2.68. The van der Waals surface area contributed by atoms with E-state index in [0.29, 0.717) is 28.6 Å². The lowest BCUT2D eigenvalue weighted by Gasteiger charge is -2.63. The molecule has 10 atom stereocenters. The van der Waals surface area contributed by atoms with Gasteiger partial charge in [0, 0.05) is 12.8 Å². The molecule has 0 N–H and O–H groups in total. The Morgan fingerprint density at radius 3 is 2.43 bits per heavy atom. The van der Waals surface area contributed by atoms with Crippen molar-refractivity contribution in [2.45, 2.75) is 92.1 Å². The quantitative estimate of drug-likeness (QED) is 0.401.